The van der Waals surface area contributed by atoms with Gasteiger partial charge in [-0.1, -0.05) is 17.7 Å². The third kappa shape index (κ3) is 4.56. The van der Waals surface area contributed by atoms with Crippen LogP contribution in [0.15, 0.2) is 34.5 Å². The Morgan fingerprint density at radius 1 is 1.31 bits per heavy atom. The van der Waals surface area contributed by atoms with Gasteiger partial charge >= 0.3 is 0 Å². The predicted molar refractivity (Wildman–Crippen MR) is 103 cm³/mol. The van der Waals surface area contributed by atoms with Crippen LogP contribution >= 0.6 is 11.6 Å². The topological polar surface area (TPSA) is 192 Å². The normalized spacial score (nSPS) is 24.1. The third-order valence-corrected chi connectivity index (χ3v) is 4.79. The van der Waals surface area contributed by atoms with Gasteiger partial charge in [-0.25, -0.2) is 0 Å². The molecule has 13 heteroatoms. The van der Waals surface area contributed by atoms with Gasteiger partial charge < -0.3 is 26.4 Å². The monoisotopic (exact) mass is 423 g/mol. The number of non-ortho nitro benzene ring substituents is 1. The van der Waals surface area contributed by atoms with Crippen LogP contribution < -0.4 is 11.1 Å². The SMILES string of the molecule is Nc1nc(Cl)c(N=Nc2cccc([N+](=O)[O-])c2)c(N[C@@H]2C[C@H](CO)[C@@H](O)[C@H]2O)n1. The summed E-state index contributed by atoms with van der Waals surface area (Å²) in [5.74, 6) is -0.600. The van der Waals surface area contributed by atoms with Crippen LogP contribution in [0.3, 0.4) is 0 Å². The van der Waals surface area contributed by atoms with Gasteiger partial charge in [-0.2, -0.15) is 15.1 Å². The van der Waals surface area contributed by atoms with Crippen molar-refractivity contribution < 1.29 is 20.2 Å². The second kappa shape index (κ2) is 8.61. The van der Waals surface area contributed by atoms with E-state index >= 15 is 0 Å². The molecule has 1 aromatic carbocycles. The molecule has 0 radical (unpaired) electrons. The number of azo groups is 1. The number of nitrogens with zero attached hydrogens (tertiary/aromatic N) is 5. The van der Waals surface area contributed by atoms with Crippen LogP contribution in [0.4, 0.5) is 28.8 Å². The molecule has 1 aliphatic carbocycles. The minimum atomic E-state index is -1.16. The molecule has 0 bridgehead atoms. The highest BCUT2D eigenvalue weighted by molar-refractivity contribution is 6.32. The van der Waals surface area contributed by atoms with Crippen LogP contribution in [-0.4, -0.2) is 55.1 Å². The first-order valence-corrected chi connectivity index (χ1v) is 8.90. The number of aliphatic hydroxyl groups excluding tert-OH is 3. The van der Waals surface area contributed by atoms with E-state index in [2.05, 4.69) is 25.5 Å². The number of hydrogen-bond donors (Lipinski definition) is 5. The van der Waals surface area contributed by atoms with Crippen LogP contribution in [0.25, 0.3) is 0 Å². The maximum atomic E-state index is 10.9. The highest BCUT2D eigenvalue weighted by atomic mass is 35.5. The van der Waals surface area contributed by atoms with Crippen molar-refractivity contribution >= 4 is 40.4 Å². The van der Waals surface area contributed by atoms with Crippen molar-refractivity contribution in [1.29, 1.82) is 0 Å². The van der Waals surface area contributed by atoms with E-state index < -0.39 is 29.1 Å². The number of aliphatic hydroxyl groups is 3. The van der Waals surface area contributed by atoms with Gasteiger partial charge in [0.1, 0.15) is 6.10 Å². The van der Waals surface area contributed by atoms with Crippen molar-refractivity contribution in [1.82, 2.24) is 9.97 Å². The molecule has 0 spiro atoms. The average Bonchev–Trinajstić information content (AvgIpc) is 2.95. The molecule has 0 aliphatic heterocycles. The Balaban J connectivity index is 1.90. The van der Waals surface area contributed by atoms with Crippen LogP contribution in [0.5, 0.6) is 0 Å². The molecule has 0 unspecified atom stereocenters. The van der Waals surface area contributed by atoms with E-state index in [1.165, 1.54) is 24.3 Å². The molecule has 2 aromatic rings. The molecule has 154 valence electrons. The van der Waals surface area contributed by atoms with Crippen molar-refractivity contribution in [2.24, 2.45) is 16.1 Å². The van der Waals surface area contributed by atoms with Crippen molar-refractivity contribution in [2.45, 2.75) is 24.7 Å². The largest absolute Gasteiger partial charge is 0.396 e. The Hall–Kier alpha value is -2.93. The minimum Gasteiger partial charge on any atom is -0.396 e. The first kappa shape index (κ1) is 20.8. The van der Waals surface area contributed by atoms with Crippen molar-refractivity contribution in [2.75, 3.05) is 17.7 Å². The molecule has 3 rings (SSSR count). The fourth-order valence-electron chi connectivity index (χ4n) is 3.03. The number of hydrogen-bond acceptors (Lipinski definition) is 11. The summed E-state index contributed by atoms with van der Waals surface area (Å²) in [5, 5.41) is 51.0. The number of rotatable bonds is 6. The molecular weight excluding hydrogens is 406 g/mol. The Morgan fingerprint density at radius 3 is 2.72 bits per heavy atom. The summed E-state index contributed by atoms with van der Waals surface area (Å²) in [7, 11) is 0. The Bertz CT molecular complexity index is 944. The molecule has 1 fully saturated rings. The van der Waals surface area contributed by atoms with Gasteiger partial charge in [0, 0.05) is 24.7 Å². The number of nitrogen functional groups attached to an aromatic ring is 1. The van der Waals surface area contributed by atoms with Crippen LogP contribution in [0.2, 0.25) is 5.15 Å². The first-order chi connectivity index (χ1) is 13.8. The second-order valence-corrected chi connectivity index (χ2v) is 6.82. The lowest BCUT2D eigenvalue weighted by atomic mass is 10.1. The molecule has 0 saturated heterocycles. The summed E-state index contributed by atoms with van der Waals surface area (Å²) in [5.41, 5.74) is 5.68. The number of nitro groups is 1. The Morgan fingerprint density at radius 2 is 2.07 bits per heavy atom. The van der Waals surface area contributed by atoms with Gasteiger partial charge in [0.05, 0.1) is 22.8 Å². The number of nitrogens with two attached hydrogens (primary N) is 1. The zero-order valence-electron chi connectivity index (χ0n) is 14.9. The quantitative estimate of drug-likeness (QED) is 0.198. The predicted octanol–water partition coefficient (Wildman–Crippen LogP) is 1.55. The maximum absolute atomic E-state index is 10.9. The van der Waals surface area contributed by atoms with Crippen molar-refractivity contribution in [3.8, 4) is 0 Å². The summed E-state index contributed by atoms with van der Waals surface area (Å²) in [6.45, 7) is -0.289. The number of anilines is 2. The highest BCUT2D eigenvalue weighted by Crippen LogP contribution is 2.36. The van der Waals surface area contributed by atoms with E-state index in [9.17, 15) is 25.4 Å². The maximum Gasteiger partial charge on any atom is 0.271 e. The van der Waals surface area contributed by atoms with Gasteiger partial charge in [0.25, 0.3) is 5.69 Å². The zero-order valence-corrected chi connectivity index (χ0v) is 15.6. The van der Waals surface area contributed by atoms with Gasteiger partial charge in [-0.15, -0.1) is 5.11 Å². The van der Waals surface area contributed by atoms with Gasteiger partial charge in [-0.05, 0) is 12.5 Å². The van der Waals surface area contributed by atoms with E-state index in [0.717, 1.165) is 0 Å². The Kier molecular flexibility index (Phi) is 6.17. The van der Waals surface area contributed by atoms with Gasteiger partial charge in [-0.3, -0.25) is 10.1 Å². The number of aromatic nitrogens is 2. The zero-order chi connectivity index (χ0) is 21.1. The molecule has 1 saturated carbocycles. The fourth-order valence-corrected chi connectivity index (χ4v) is 3.25. The van der Waals surface area contributed by atoms with Gasteiger partial charge in [0.2, 0.25) is 5.95 Å². The van der Waals surface area contributed by atoms with E-state index in [-0.39, 0.29) is 47.0 Å². The summed E-state index contributed by atoms with van der Waals surface area (Å²) >= 11 is 6.10. The van der Waals surface area contributed by atoms with E-state index in [1.54, 1.807) is 0 Å². The molecule has 4 atom stereocenters. The number of benzene rings is 1. The van der Waals surface area contributed by atoms with Gasteiger partial charge in [0.15, 0.2) is 16.7 Å². The molecule has 12 nitrogen and oxygen atoms in total. The lowest BCUT2D eigenvalue weighted by Crippen LogP contribution is -2.35. The number of halogens is 1. The average molecular weight is 424 g/mol. The molecule has 1 aromatic heterocycles. The minimum absolute atomic E-state index is 0.00140. The summed E-state index contributed by atoms with van der Waals surface area (Å²) < 4.78 is 0. The van der Waals surface area contributed by atoms with Crippen molar-refractivity contribution in [3.05, 3.63) is 39.5 Å². The number of nitro benzene ring substituents is 1. The highest BCUT2D eigenvalue weighted by Gasteiger charge is 2.41. The Labute approximate surface area is 169 Å². The van der Waals surface area contributed by atoms with Crippen LogP contribution in [0.1, 0.15) is 6.42 Å². The summed E-state index contributed by atoms with van der Waals surface area (Å²) in [6, 6.07) is 4.86. The molecular formula is C16H18ClN7O5. The molecule has 0 amide bonds. The summed E-state index contributed by atoms with van der Waals surface area (Å²) in [4.78, 5) is 18.2. The molecule has 6 N–H and O–H groups in total. The number of nitrogens with one attached hydrogen (secondary N) is 1. The van der Waals surface area contributed by atoms with Crippen LogP contribution in [-0.2, 0) is 0 Å². The lowest BCUT2D eigenvalue weighted by molar-refractivity contribution is -0.384. The first-order valence-electron chi connectivity index (χ1n) is 8.53. The van der Waals surface area contributed by atoms with E-state index in [1.807, 2.05) is 0 Å². The standard InChI is InChI=1S/C16H18ClN7O5/c17-14-11(23-22-8-2-1-3-9(5-8)24(28)29)15(21-16(18)20-14)19-10-4-7(6-25)12(26)13(10)27/h1-3,5,7,10,12-13,25-27H,4,6H2,(H3,18,19,20,21)/t7-,10-,12-,13+/m1/s1. The summed E-state index contributed by atoms with van der Waals surface area (Å²) in [6.07, 6.45) is -2.01. The molecule has 1 aliphatic rings. The lowest BCUT2D eigenvalue weighted by Gasteiger charge is -2.19. The van der Waals surface area contributed by atoms with E-state index in [4.69, 9.17) is 17.3 Å². The smallest absolute Gasteiger partial charge is 0.271 e. The molecule has 29 heavy (non-hydrogen) atoms. The molecule has 1 heterocycles. The fraction of sp³-hybridized carbons (Fsp3) is 0.375. The second-order valence-electron chi connectivity index (χ2n) is 6.46. The van der Waals surface area contributed by atoms with E-state index in [0.29, 0.717) is 0 Å². The van der Waals surface area contributed by atoms with Crippen molar-refractivity contribution in [3.63, 3.8) is 0 Å². The third-order valence-electron chi connectivity index (χ3n) is 4.52. The van der Waals surface area contributed by atoms with Crippen LogP contribution in [0, 0.1) is 16.0 Å².